The predicted octanol–water partition coefficient (Wildman–Crippen LogP) is 3.77. The second-order valence-electron chi connectivity index (χ2n) is 5.03. The van der Waals surface area contributed by atoms with Crippen molar-refractivity contribution in [2.45, 2.75) is 62.7 Å². The molecule has 0 N–H and O–H groups in total. The Morgan fingerprint density at radius 2 is 2.29 bits per heavy atom. The fourth-order valence-corrected chi connectivity index (χ4v) is 3.04. The Balaban J connectivity index is 2.83. The number of allylic oxidation sites excluding steroid dienone is 2. The van der Waals surface area contributed by atoms with Crippen molar-refractivity contribution in [1.29, 1.82) is 0 Å². The van der Waals surface area contributed by atoms with Gasteiger partial charge in [-0.3, -0.25) is 4.79 Å². The predicted molar refractivity (Wildman–Crippen MR) is 88.2 cm³/mol. The molecule has 4 unspecified atom stereocenters. The van der Waals surface area contributed by atoms with E-state index in [0.717, 1.165) is 19.3 Å². The zero-order valence-electron chi connectivity index (χ0n) is 12.6. The number of hydrogen-bond acceptors (Lipinski definition) is 3. The van der Waals surface area contributed by atoms with Crippen LogP contribution < -0.4 is 0 Å². The van der Waals surface area contributed by atoms with Crippen molar-refractivity contribution in [1.82, 2.24) is 0 Å². The topological polar surface area (TPSA) is 35.5 Å². The Kier molecular flexibility index (Phi) is 8.41. The van der Waals surface area contributed by atoms with E-state index in [-0.39, 0.29) is 29.1 Å². The number of alkyl halides is 1. The van der Waals surface area contributed by atoms with Crippen molar-refractivity contribution in [3.05, 3.63) is 24.3 Å². The zero-order chi connectivity index (χ0) is 15.7. The Bertz CT molecular complexity index is 422. The first kappa shape index (κ1) is 18.0. The molecule has 0 amide bonds. The number of terminal acetylenes is 1. The van der Waals surface area contributed by atoms with Crippen LogP contribution in [-0.4, -0.2) is 29.1 Å². The highest BCUT2D eigenvalue weighted by molar-refractivity contribution is 9.09. The molecule has 0 fully saturated rings. The monoisotopic (exact) mass is 354 g/mol. The van der Waals surface area contributed by atoms with Crippen LogP contribution in [0.15, 0.2) is 24.3 Å². The molecule has 3 nitrogen and oxygen atoms in total. The van der Waals surface area contributed by atoms with Gasteiger partial charge in [0.2, 0.25) is 0 Å². The number of ether oxygens (including phenoxy) is 2. The summed E-state index contributed by atoms with van der Waals surface area (Å²) in [5.41, 5.74) is 0. The molecular formula is C17H23BrO3. The Hall–Kier alpha value is -1.05. The van der Waals surface area contributed by atoms with Crippen LogP contribution in [0.25, 0.3) is 0 Å². The number of carbonyl (C=O) groups excluding carboxylic acids is 1. The third-order valence-electron chi connectivity index (χ3n) is 3.37. The van der Waals surface area contributed by atoms with Gasteiger partial charge in [0.1, 0.15) is 6.10 Å². The lowest BCUT2D eigenvalue weighted by molar-refractivity contribution is -0.158. The van der Waals surface area contributed by atoms with E-state index in [1.807, 2.05) is 6.08 Å². The summed E-state index contributed by atoms with van der Waals surface area (Å²) in [6.45, 7) is 3.52. The van der Waals surface area contributed by atoms with Gasteiger partial charge in [-0.1, -0.05) is 47.0 Å². The van der Waals surface area contributed by atoms with Crippen molar-refractivity contribution in [3.8, 4) is 12.3 Å². The van der Waals surface area contributed by atoms with Gasteiger partial charge in [-0.25, -0.2) is 0 Å². The van der Waals surface area contributed by atoms with Crippen LogP contribution in [-0.2, 0) is 14.3 Å². The molecule has 21 heavy (non-hydrogen) atoms. The second kappa shape index (κ2) is 9.81. The van der Waals surface area contributed by atoms with Crippen LogP contribution in [0.2, 0.25) is 0 Å². The van der Waals surface area contributed by atoms with E-state index in [0.29, 0.717) is 6.42 Å². The molecule has 0 aromatic carbocycles. The third kappa shape index (κ3) is 6.50. The molecule has 1 heterocycles. The van der Waals surface area contributed by atoms with Gasteiger partial charge >= 0.3 is 5.97 Å². The summed E-state index contributed by atoms with van der Waals surface area (Å²) >= 11 is 3.67. The van der Waals surface area contributed by atoms with Crippen LogP contribution in [0, 0.1) is 12.3 Å². The number of hydrogen-bond donors (Lipinski definition) is 0. The Labute approximate surface area is 135 Å². The zero-order valence-corrected chi connectivity index (χ0v) is 14.2. The molecule has 0 bridgehead atoms. The minimum Gasteiger partial charge on any atom is -0.459 e. The molecule has 1 aliphatic heterocycles. The summed E-state index contributed by atoms with van der Waals surface area (Å²) in [5.74, 6) is 2.15. The highest BCUT2D eigenvalue weighted by Crippen LogP contribution is 2.25. The first-order valence-electron chi connectivity index (χ1n) is 7.31. The quantitative estimate of drug-likeness (QED) is 0.326. The average Bonchev–Trinajstić information content (AvgIpc) is 2.43. The van der Waals surface area contributed by atoms with E-state index in [1.54, 1.807) is 6.08 Å². The first-order chi connectivity index (χ1) is 10.1. The molecule has 0 aliphatic carbocycles. The van der Waals surface area contributed by atoms with E-state index in [9.17, 15) is 4.79 Å². The number of esters is 1. The molecule has 1 aliphatic rings. The maximum absolute atomic E-state index is 11.3. The van der Waals surface area contributed by atoms with Gasteiger partial charge in [0.15, 0.2) is 0 Å². The van der Waals surface area contributed by atoms with Crippen LogP contribution >= 0.6 is 15.9 Å². The van der Waals surface area contributed by atoms with Crippen molar-refractivity contribution in [2.24, 2.45) is 0 Å². The molecule has 0 aromatic rings. The molecular weight excluding hydrogens is 332 g/mol. The largest absolute Gasteiger partial charge is 0.459 e. The van der Waals surface area contributed by atoms with Crippen molar-refractivity contribution in [3.63, 3.8) is 0 Å². The Morgan fingerprint density at radius 1 is 1.57 bits per heavy atom. The van der Waals surface area contributed by atoms with Gasteiger partial charge in [-0.05, 0) is 25.3 Å². The first-order valence-corrected chi connectivity index (χ1v) is 8.22. The molecule has 0 saturated heterocycles. The van der Waals surface area contributed by atoms with E-state index < -0.39 is 0 Å². The van der Waals surface area contributed by atoms with Crippen LogP contribution in [0.4, 0.5) is 0 Å². The summed E-state index contributed by atoms with van der Waals surface area (Å²) in [6, 6.07) is 0. The summed E-state index contributed by atoms with van der Waals surface area (Å²) in [6.07, 6.45) is 15.7. The number of carbonyl (C=O) groups is 1. The highest BCUT2D eigenvalue weighted by Gasteiger charge is 2.29. The molecule has 0 spiro atoms. The van der Waals surface area contributed by atoms with Gasteiger partial charge in [0.25, 0.3) is 0 Å². The molecule has 116 valence electrons. The fourth-order valence-electron chi connectivity index (χ4n) is 2.32. The lowest BCUT2D eigenvalue weighted by Crippen LogP contribution is -2.38. The number of halogens is 1. The van der Waals surface area contributed by atoms with E-state index in [1.165, 1.54) is 6.92 Å². The van der Waals surface area contributed by atoms with Gasteiger partial charge in [-0.15, -0.1) is 6.42 Å². The van der Waals surface area contributed by atoms with Crippen molar-refractivity contribution >= 4 is 21.9 Å². The molecule has 4 atom stereocenters. The maximum atomic E-state index is 11.3. The SMILES string of the molecule is C#CC=CCC(OC(C)=O)C1CC=CCC(Br)C(CC)O1. The van der Waals surface area contributed by atoms with E-state index in [4.69, 9.17) is 15.9 Å². The maximum Gasteiger partial charge on any atom is 0.303 e. The summed E-state index contributed by atoms with van der Waals surface area (Å²) in [4.78, 5) is 11.6. The summed E-state index contributed by atoms with van der Waals surface area (Å²) in [5, 5.41) is 0. The lowest BCUT2D eigenvalue weighted by atomic mass is 10.0. The third-order valence-corrected chi connectivity index (χ3v) is 4.33. The smallest absolute Gasteiger partial charge is 0.303 e. The fraction of sp³-hybridized carbons (Fsp3) is 0.588. The van der Waals surface area contributed by atoms with E-state index >= 15 is 0 Å². The summed E-state index contributed by atoms with van der Waals surface area (Å²) in [7, 11) is 0. The van der Waals surface area contributed by atoms with Crippen LogP contribution in [0.1, 0.15) is 39.5 Å². The highest BCUT2D eigenvalue weighted by atomic mass is 79.9. The molecule has 0 saturated carbocycles. The van der Waals surface area contributed by atoms with E-state index in [2.05, 4.69) is 40.9 Å². The van der Waals surface area contributed by atoms with Gasteiger partial charge in [0.05, 0.1) is 12.2 Å². The van der Waals surface area contributed by atoms with Crippen molar-refractivity contribution < 1.29 is 14.3 Å². The normalized spacial score (nSPS) is 27.6. The van der Waals surface area contributed by atoms with Crippen LogP contribution in [0.5, 0.6) is 0 Å². The van der Waals surface area contributed by atoms with Gasteiger partial charge < -0.3 is 9.47 Å². The second-order valence-corrected chi connectivity index (χ2v) is 6.21. The number of rotatable bonds is 5. The molecule has 4 heteroatoms. The average molecular weight is 355 g/mol. The minimum absolute atomic E-state index is 0.106. The van der Waals surface area contributed by atoms with Crippen LogP contribution in [0.3, 0.4) is 0 Å². The van der Waals surface area contributed by atoms with Crippen molar-refractivity contribution in [2.75, 3.05) is 0 Å². The summed E-state index contributed by atoms with van der Waals surface area (Å²) < 4.78 is 11.6. The molecule has 1 rings (SSSR count). The Morgan fingerprint density at radius 3 is 2.90 bits per heavy atom. The lowest BCUT2D eigenvalue weighted by Gasteiger charge is -2.32. The minimum atomic E-state index is -0.316. The molecule has 0 radical (unpaired) electrons. The van der Waals surface area contributed by atoms with Gasteiger partial charge in [-0.2, -0.15) is 0 Å². The molecule has 0 aromatic heterocycles. The van der Waals surface area contributed by atoms with Gasteiger partial charge in [0, 0.05) is 18.2 Å². The standard InChI is InChI=1S/C17H23BrO3/c1-4-6-7-11-16(20-13(3)19)17-12-9-8-10-14(18)15(5-2)21-17/h1,6-9,14-17H,5,10-12H2,2-3H3.